The lowest BCUT2D eigenvalue weighted by Crippen LogP contribution is -2.48. The van der Waals surface area contributed by atoms with Crippen LogP contribution >= 0.6 is 0 Å². The van der Waals surface area contributed by atoms with E-state index in [0.717, 1.165) is 11.3 Å². The SMILES string of the molecule is CC(=O)N1CCN(c2cc(C(=O)Nc3ccccc3C(C)(C)C)ncn2)CC1. The van der Waals surface area contributed by atoms with Crippen molar-refractivity contribution in [1.82, 2.24) is 14.9 Å². The van der Waals surface area contributed by atoms with E-state index in [9.17, 15) is 9.59 Å². The number of hydrogen-bond acceptors (Lipinski definition) is 5. The van der Waals surface area contributed by atoms with Crippen molar-refractivity contribution in [3.05, 3.63) is 47.9 Å². The molecule has 7 nitrogen and oxygen atoms in total. The van der Waals surface area contributed by atoms with E-state index in [1.807, 2.05) is 29.2 Å². The molecule has 1 aromatic heterocycles. The Labute approximate surface area is 165 Å². The van der Waals surface area contributed by atoms with Gasteiger partial charge in [0.1, 0.15) is 17.8 Å². The number of carbonyl (C=O) groups excluding carboxylic acids is 2. The fourth-order valence-corrected chi connectivity index (χ4v) is 3.33. The molecule has 28 heavy (non-hydrogen) atoms. The summed E-state index contributed by atoms with van der Waals surface area (Å²) in [7, 11) is 0. The van der Waals surface area contributed by atoms with E-state index in [-0.39, 0.29) is 17.2 Å². The first-order valence-corrected chi connectivity index (χ1v) is 9.49. The molecule has 148 valence electrons. The number of anilines is 2. The van der Waals surface area contributed by atoms with Crippen molar-refractivity contribution in [3.8, 4) is 0 Å². The minimum absolute atomic E-state index is 0.0833. The van der Waals surface area contributed by atoms with Gasteiger partial charge in [0.05, 0.1) is 0 Å². The molecule has 1 aliphatic rings. The highest BCUT2D eigenvalue weighted by Gasteiger charge is 2.22. The van der Waals surface area contributed by atoms with Gasteiger partial charge in [0.15, 0.2) is 0 Å². The molecule has 0 atom stereocenters. The monoisotopic (exact) mass is 381 g/mol. The number of nitrogens with one attached hydrogen (secondary N) is 1. The summed E-state index contributed by atoms with van der Waals surface area (Å²) in [6.45, 7) is 10.6. The average molecular weight is 381 g/mol. The first-order chi connectivity index (χ1) is 13.3. The number of aromatic nitrogens is 2. The van der Waals surface area contributed by atoms with Gasteiger partial charge in [0, 0.05) is 44.9 Å². The number of piperazine rings is 1. The molecule has 0 aliphatic carbocycles. The van der Waals surface area contributed by atoms with E-state index in [1.54, 1.807) is 13.0 Å². The Morgan fingerprint density at radius 1 is 1.04 bits per heavy atom. The van der Waals surface area contributed by atoms with Gasteiger partial charge in [-0.2, -0.15) is 0 Å². The summed E-state index contributed by atoms with van der Waals surface area (Å²) < 4.78 is 0. The van der Waals surface area contributed by atoms with Crippen LogP contribution in [0.2, 0.25) is 0 Å². The molecule has 2 heterocycles. The minimum atomic E-state index is -0.261. The van der Waals surface area contributed by atoms with Gasteiger partial charge in [0.25, 0.3) is 5.91 Å². The number of amides is 2. The van der Waals surface area contributed by atoms with Crippen LogP contribution in [0.15, 0.2) is 36.7 Å². The van der Waals surface area contributed by atoms with Crippen LogP contribution in [-0.4, -0.2) is 52.9 Å². The van der Waals surface area contributed by atoms with E-state index >= 15 is 0 Å². The van der Waals surface area contributed by atoms with Crippen LogP contribution in [0.3, 0.4) is 0 Å². The predicted octanol–water partition coefficient (Wildman–Crippen LogP) is 2.69. The third-order valence-electron chi connectivity index (χ3n) is 4.92. The molecule has 7 heteroatoms. The highest BCUT2D eigenvalue weighted by molar-refractivity contribution is 6.03. The predicted molar refractivity (Wildman–Crippen MR) is 110 cm³/mol. The van der Waals surface area contributed by atoms with E-state index in [2.05, 4.69) is 41.0 Å². The van der Waals surface area contributed by atoms with Crippen molar-refractivity contribution in [2.75, 3.05) is 36.4 Å². The Kier molecular flexibility index (Phi) is 5.63. The second kappa shape index (κ2) is 7.96. The van der Waals surface area contributed by atoms with Gasteiger partial charge < -0.3 is 15.1 Å². The lowest BCUT2D eigenvalue weighted by atomic mass is 9.86. The van der Waals surface area contributed by atoms with Crippen LogP contribution < -0.4 is 10.2 Å². The number of hydrogen-bond donors (Lipinski definition) is 1. The van der Waals surface area contributed by atoms with E-state index < -0.39 is 0 Å². The first kappa shape index (κ1) is 19.8. The normalized spacial score (nSPS) is 14.7. The summed E-state index contributed by atoms with van der Waals surface area (Å²) in [6.07, 6.45) is 1.41. The van der Waals surface area contributed by atoms with Crippen LogP contribution in [0.4, 0.5) is 11.5 Å². The number of nitrogens with zero attached hydrogens (tertiary/aromatic N) is 4. The van der Waals surface area contributed by atoms with Gasteiger partial charge in [0.2, 0.25) is 5.91 Å². The van der Waals surface area contributed by atoms with Gasteiger partial charge in [-0.05, 0) is 17.0 Å². The molecule has 1 fully saturated rings. The van der Waals surface area contributed by atoms with Gasteiger partial charge in [-0.1, -0.05) is 39.0 Å². The molecule has 0 radical (unpaired) electrons. The third-order valence-corrected chi connectivity index (χ3v) is 4.92. The minimum Gasteiger partial charge on any atom is -0.353 e. The molecule has 0 bridgehead atoms. The quantitative estimate of drug-likeness (QED) is 0.884. The van der Waals surface area contributed by atoms with E-state index in [1.165, 1.54) is 6.33 Å². The van der Waals surface area contributed by atoms with Crippen LogP contribution in [0.25, 0.3) is 0 Å². The van der Waals surface area contributed by atoms with E-state index in [4.69, 9.17) is 0 Å². The van der Waals surface area contributed by atoms with Crippen LogP contribution in [-0.2, 0) is 10.2 Å². The Bertz CT molecular complexity index is 867. The van der Waals surface area contributed by atoms with Crippen LogP contribution in [0.5, 0.6) is 0 Å². The van der Waals surface area contributed by atoms with Crippen molar-refractivity contribution < 1.29 is 9.59 Å². The maximum absolute atomic E-state index is 12.8. The van der Waals surface area contributed by atoms with Gasteiger partial charge >= 0.3 is 0 Å². The fourth-order valence-electron chi connectivity index (χ4n) is 3.33. The molecule has 2 amide bonds. The van der Waals surface area contributed by atoms with Crippen LogP contribution in [0.1, 0.15) is 43.7 Å². The number of benzene rings is 1. The first-order valence-electron chi connectivity index (χ1n) is 9.49. The highest BCUT2D eigenvalue weighted by atomic mass is 16.2. The smallest absolute Gasteiger partial charge is 0.274 e. The fraction of sp³-hybridized carbons (Fsp3) is 0.429. The summed E-state index contributed by atoms with van der Waals surface area (Å²) >= 11 is 0. The summed E-state index contributed by atoms with van der Waals surface area (Å²) in [4.78, 5) is 36.6. The zero-order valence-corrected chi connectivity index (χ0v) is 16.9. The standard InChI is InChI=1S/C21H27N5O2/c1-15(27)25-9-11-26(12-10-25)19-13-18(22-14-23-19)20(28)24-17-8-6-5-7-16(17)21(2,3)4/h5-8,13-14H,9-12H2,1-4H3,(H,24,28). The highest BCUT2D eigenvalue weighted by Crippen LogP contribution is 2.29. The van der Waals surface area contributed by atoms with Crippen molar-refractivity contribution in [3.63, 3.8) is 0 Å². The second-order valence-electron chi connectivity index (χ2n) is 8.00. The molecule has 1 saturated heterocycles. The maximum atomic E-state index is 12.8. The molecule has 1 aliphatic heterocycles. The van der Waals surface area contributed by atoms with Gasteiger partial charge in [-0.3, -0.25) is 9.59 Å². The Balaban J connectivity index is 1.75. The Hall–Kier alpha value is -2.96. The van der Waals surface area contributed by atoms with Crippen molar-refractivity contribution in [1.29, 1.82) is 0 Å². The van der Waals surface area contributed by atoms with Gasteiger partial charge in [-0.25, -0.2) is 9.97 Å². The zero-order valence-electron chi connectivity index (χ0n) is 16.9. The molecule has 3 rings (SSSR count). The Morgan fingerprint density at radius 2 is 1.71 bits per heavy atom. The molecular weight excluding hydrogens is 354 g/mol. The second-order valence-corrected chi connectivity index (χ2v) is 8.00. The summed E-state index contributed by atoms with van der Waals surface area (Å²) in [5.74, 6) is 0.523. The third kappa shape index (κ3) is 4.47. The van der Waals surface area contributed by atoms with Crippen molar-refractivity contribution >= 4 is 23.3 Å². The van der Waals surface area contributed by atoms with Gasteiger partial charge in [-0.15, -0.1) is 0 Å². The molecule has 0 spiro atoms. The lowest BCUT2D eigenvalue weighted by molar-refractivity contribution is -0.129. The molecule has 0 unspecified atom stereocenters. The molecule has 2 aromatic rings. The summed E-state index contributed by atoms with van der Waals surface area (Å²) in [6, 6.07) is 9.51. The van der Waals surface area contributed by atoms with Crippen molar-refractivity contribution in [2.45, 2.75) is 33.1 Å². The zero-order chi connectivity index (χ0) is 20.3. The lowest BCUT2D eigenvalue weighted by Gasteiger charge is -2.34. The molecular formula is C21H27N5O2. The number of carbonyl (C=O) groups is 2. The number of rotatable bonds is 3. The van der Waals surface area contributed by atoms with Crippen molar-refractivity contribution in [2.24, 2.45) is 0 Å². The Morgan fingerprint density at radius 3 is 2.36 bits per heavy atom. The van der Waals surface area contributed by atoms with Crippen LogP contribution in [0, 0.1) is 0 Å². The number of para-hydroxylation sites is 1. The van der Waals surface area contributed by atoms with E-state index in [0.29, 0.717) is 37.7 Å². The molecule has 1 aromatic carbocycles. The topological polar surface area (TPSA) is 78.4 Å². The molecule has 0 saturated carbocycles. The summed E-state index contributed by atoms with van der Waals surface area (Å²) in [5.41, 5.74) is 2.09. The average Bonchev–Trinajstić information content (AvgIpc) is 2.68. The maximum Gasteiger partial charge on any atom is 0.274 e. The summed E-state index contributed by atoms with van der Waals surface area (Å²) in [5, 5.41) is 2.98. The molecule has 1 N–H and O–H groups in total. The largest absolute Gasteiger partial charge is 0.353 e.